The monoisotopic (exact) mass is 354 g/mol. The summed E-state index contributed by atoms with van der Waals surface area (Å²) in [6, 6.07) is 6.00. The summed E-state index contributed by atoms with van der Waals surface area (Å²) in [5.74, 6) is -0.246. The van der Waals surface area contributed by atoms with E-state index in [1.54, 1.807) is 6.92 Å². The summed E-state index contributed by atoms with van der Waals surface area (Å²) in [6.07, 6.45) is 0.214. The van der Waals surface area contributed by atoms with E-state index in [0.29, 0.717) is 6.61 Å². The molecule has 1 aromatic carbocycles. The van der Waals surface area contributed by atoms with Gasteiger partial charge in [-0.1, -0.05) is 15.9 Å². The number of hydrogen-bond acceptors (Lipinski definition) is 5. The molecule has 4 nitrogen and oxygen atoms in total. The highest BCUT2D eigenvalue weighted by Gasteiger charge is 2.09. The minimum Gasteiger partial charge on any atom is -0.466 e. The highest BCUT2D eigenvalue weighted by atomic mass is 79.9. The molecule has 1 heterocycles. The molecule has 0 unspecified atom stereocenters. The average molecular weight is 355 g/mol. The quantitative estimate of drug-likeness (QED) is 0.822. The second-order valence-electron chi connectivity index (χ2n) is 4.21. The molecule has 0 amide bonds. The highest BCUT2D eigenvalue weighted by Crippen LogP contribution is 2.25. The van der Waals surface area contributed by atoms with Gasteiger partial charge in [-0.15, -0.1) is 11.3 Å². The van der Waals surface area contributed by atoms with Crippen molar-refractivity contribution in [3.8, 4) is 0 Å². The van der Waals surface area contributed by atoms with Crippen LogP contribution in [-0.4, -0.2) is 17.6 Å². The number of nitrogens with zero attached hydrogens (tertiary/aromatic N) is 1. The number of aromatic nitrogens is 1. The molecule has 20 heavy (non-hydrogen) atoms. The van der Waals surface area contributed by atoms with Crippen LogP contribution in [0.2, 0.25) is 0 Å². The van der Waals surface area contributed by atoms with Gasteiger partial charge in [-0.2, -0.15) is 0 Å². The zero-order chi connectivity index (χ0) is 14.5. The van der Waals surface area contributed by atoms with E-state index < -0.39 is 0 Å². The number of aryl methyl sites for hydroxylation is 1. The second-order valence-corrected chi connectivity index (χ2v) is 5.98. The van der Waals surface area contributed by atoms with Crippen LogP contribution in [0.5, 0.6) is 0 Å². The van der Waals surface area contributed by atoms with Gasteiger partial charge in [0.1, 0.15) is 0 Å². The van der Waals surface area contributed by atoms with E-state index in [2.05, 4.69) is 26.2 Å². The molecule has 106 valence electrons. The Balaban J connectivity index is 2.04. The number of halogens is 1. The fourth-order valence-corrected chi connectivity index (χ4v) is 2.89. The number of carbonyl (C=O) groups excluding carboxylic acids is 1. The number of thiazole rings is 1. The number of hydrogen-bond donors (Lipinski definition) is 1. The van der Waals surface area contributed by atoms with Gasteiger partial charge in [0.25, 0.3) is 0 Å². The zero-order valence-electron chi connectivity index (χ0n) is 11.3. The van der Waals surface area contributed by atoms with Crippen LogP contribution in [0.4, 0.5) is 10.8 Å². The third kappa shape index (κ3) is 4.05. The number of rotatable bonds is 5. The van der Waals surface area contributed by atoms with Gasteiger partial charge in [-0.25, -0.2) is 4.98 Å². The Morgan fingerprint density at radius 2 is 2.30 bits per heavy atom. The second kappa shape index (κ2) is 6.85. The third-order valence-corrected chi connectivity index (χ3v) is 3.91. The molecule has 0 aliphatic carbocycles. The van der Waals surface area contributed by atoms with Gasteiger partial charge in [0.15, 0.2) is 5.13 Å². The van der Waals surface area contributed by atoms with Gasteiger partial charge < -0.3 is 10.1 Å². The minimum absolute atomic E-state index is 0.214. The SMILES string of the molecule is CCOC(=O)Cc1csc(Nc2ccc(Br)cc2C)n1. The van der Waals surface area contributed by atoms with Gasteiger partial charge >= 0.3 is 5.97 Å². The molecule has 0 aliphatic heterocycles. The predicted molar refractivity (Wildman–Crippen MR) is 84.6 cm³/mol. The number of nitrogens with one attached hydrogen (secondary N) is 1. The first kappa shape index (κ1) is 15.0. The van der Waals surface area contributed by atoms with Crippen molar-refractivity contribution in [3.05, 3.63) is 39.3 Å². The summed E-state index contributed by atoms with van der Waals surface area (Å²) in [5.41, 5.74) is 2.86. The maximum absolute atomic E-state index is 11.4. The van der Waals surface area contributed by atoms with E-state index in [1.807, 2.05) is 30.5 Å². The fraction of sp³-hybridized carbons (Fsp3) is 0.286. The predicted octanol–water partition coefficient (Wildman–Crippen LogP) is 4.06. The van der Waals surface area contributed by atoms with Gasteiger partial charge in [-0.3, -0.25) is 4.79 Å². The normalized spacial score (nSPS) is 10.3. The summed E-state index contributed by atoms with van der Waals surface area (Å²) in [6.45, 7) is 4.22. The first-order chi connectivity index (χ1) is 9.58. The maximum Gasteiger partial charge on any atom is 0.311 e. The molecule has 0 aliphatic rings. The minimum atomic E-state index is -0.246. The molecule has 6 heteroatoms. The van der Waals surface area contributed by atoms with Gasteiger partial charge in [0.2, 0.25) is 0 Å². The smallest absolute Gasteiger partial charge is 0.311 e. The van der Waals surface area contributed by atoms with Gasteiger partial charge in [0, 0.05) is 15.5 Å². The topological polar surface area (TPSA) is 51.2 Å². The Morgan fingerprint density at radius 3 is 3.00 bits per heavy atom. The Labute approximate surface area is 130 Å². The van der Waals surface area contributed by atoms with Crippen LogP contribution >= 0.6 is 27.3 Å². The van der Waals surface area contributed by atoms with E-state index >= 15 is 0 Å². The summed E-state index contributed by atoms with van der Waals surface area (Å²) < 4.78 is 5.95. The van der Waals surface area contributed by atoms with E-state index in [9.17, 15) is 4.79 Å². The molecule has 0 atom stereocenters. The average Bonchev–Trinajstić information content (AvgIpc) is 2.80. The van der Waals surface area contributed by atoms with Crippen LogP contribution < -0.4 is 5.32 Å². The highest BCUT2D eigenvalue weighted by molar-refractivity contribution is 9.10. The van der Waals surface area contributed by atoms with Crippen molar-refractivity contribution in [1.82, 2.24) is 4.98 Å². The van der Waals surface area contributed by atoms with Crippen molar-refractivity contribution >= 4 is 44.1 Å². The van der Waals surface area contributed by atoms with Gasteiger partial charge in [0.05, 0.1) is 18.7 Å². The van der Waals surface area contributed by atoms with E-state index in [0.717, 1.165) is 26.5 Å². The van der Waals surface area contributed by atoms with Crippen LogP contribution in [-0.2, 0) is 16.0 Å². The fourth-order valence-electron chi connectivity index (χ4n) is 1.69. The molecule has 0 bridgehead atoms. The van der Waals surface area contributed by atoms with Crippen LogP contribution in [0.25, 0.3) is 0 Å². The van der Waals surface area contributed by atoms with Crippen LogP contribution in [0.1, 0.15) is 18.2 Å². The molecule has 1 N–H and O–H groups in total. The Kier molecular flexibility index (Phi) is 5.14. The van der Waals surface area contributed by atoms with Crippen LogP contribution in [0, 0.1) is 6.92 Å². The van der Waals surface area contributed by atoms with E-state index in [-0.39, 0.29) is 12.4 Å². The summed E-state index contributed by atoms with van der Waals surface area (Å²) in [4.78, 5) is 15.8. The van der Waals surface area contributed by atoms with Crippen LogP contribution in [0.15, 0.2) is 28.1 Å². The molecule has 0 saturated carbocycles. The number of ether oxygens (including phenoxy) is 1. The van der Waals surface area contributed by atoms with Crippen LogP contribution in [0.3, 0.4) is 0 Å². The molecule has 1 aromatic heterocycles. The molecule has 0 fully saturated rings. The molecule has 0 radical (unpaired) electrons. The van der Waals surface area contributed by atoms with E-state index in [1.165, 1.54) is 11.3 Å². The van der Waals surface area contributed by atoms with Crippen molar-refractivity contribution in [2.75, 3.05) is 11.9 Å². The van der Waals surface area contributed by atoms with Crippen molar-refractivity contribution in [1.29, 1.82) is 0 Å². The lowest BCUT2D eigenvalue weighted by Crippen LogP contribution is -2.07. The molecule has 0 saturated heterocycles. The first-order valence-corrected chi connectivity index (χ1v) is 7.89. The summed E-state index contributed by atoms with van der Waals surface area (Å²) in [7, 11) is 0. The van der Waals surface area contributed by atoms with E-state index in [4.69, 9.17) is 4.74 Å². The standard InChI is InChI=1S/C14H15BrN2O2S/c1-3-19-13(18)7-11-8-20-14(16-11)17-12-5-4-10(15)6-9(12)2/h4-6,8H,3,7H2,1-2H3,(H,16,17). The number of carbonyl (C=O) groups is 1. The molecule has 2 aromatic rings. The number of benzene rings is 1. The molecular formula is C14H15BrN2O2S. The molecule has 0 spiro atoms. The van der Waals surface area contributed by atoms with Gasteiger partial charge in [-0.05, 0) is 37.6 Å². The molecular weight excluding hydrogens is 340 g/mol. The lowest BCUT2D eigenvalue weighted by atomic mass is 10.2. The Hall–Kier alpha value is -1.40. The van der Waals surface area contributed by atoms with Crippen molar-refractivity contribution < 1.29 is 9.53 Å². The maximum atomic E-state index is 11.4. The molecule has 2 rings (SSSR count). The Bertz CT molecular complexity index is 613. The third-order valence-electron chi connectivity index (χ3n) is 2.61. The van der Waals surface area contributed by atoms with Crippen molar-refractivity contribution in [3.63, 3.8) is 0 Å². The summed E-state index contributed by atoms with van der Waals surface area (Å²) in [5, 5.41) is 5.90. The zero-order valence-corrected chi connectivity index (χ0v) is 13.7. The van der Waals surface area contributed by atoms with Crippen molar-refractivity contribution in [2.24, 2.45) is 0 Å². The lowest BCUT2D eigenvalue weighted by molar-refractivity contribution is -0.142. The Morgan fingerprint density at radius 1 is 1.50 bits per heavy atom. The lowest BCUT2D eigenvalue weighted by Gasteiger charge is -2.06. The first-order valence-electron chi connectivity index (χ1n) is 6.21. The number of anilines is 2. The van der Waals surface area contributed by atoms with Crippen molar-refractivity contribution in [2.45, 2.75) is 20.3 Å². The summed E-state index contributed by atoms with van der Waals surface area (Å²) >= 11 is 4.91. The number of esters is 1. The largest absolute Gasteiger partial charge is 0.466 e.